The number of benzene rings is 1. The topological polar surface area (TPSA) is 63.6 Å². The van der Waals surface area contributed by atoms with E-state index in [1.807, 2.05) is 31.4 Å². The third-order valence-electron chi connectivity index (χ3n) is 2.59. The monoisotopic (exact) mass is 226 g/mol. The van der Waals surface area contributed by atoms with Crippen LogP contribution in [-0.2, 0) is 7.05 Å². The largest absolute Gasteiger partial charge is 0.306 e. The van der Waals surface area contributed by atoms with Crippen LogP contribution in [0.5, 0.6) is 0 Å². The minimum Gasteiger partial charge on any atom is -0.306 e. The molecule has 0 unspecified atom stereocenters. The van der Waals surface area contributed by atoms with E-state index in [1.165, 1.54) is 0 Å². The Balaban J connectivity index is 2.29. The number of nitrogens with zero attached hydrogens (tertiary/aromatic N) is 3. The molecule has 0 atom stereocenters. The zero-order valence-corrected chi connectivity index (χ0v) is 9.21. The van der Waals surface area contributed by atoms with Crippen LogP contribution in [0.1, 0.15) is 0 Å². The fourth-order valence-electron chi connectivity index (χ4n) is 1.77. The first kappa shape index (κ1) is 9.77. The normalized spacial score (nSPS) is 10.9. The lowest BCUT2D eigenvalue weighted by molar-refractivity contribution is 0.768. The summed E-state index contributed by atoms with van der Waals surface area (Å²) < 4.78 is 1.67. The van der Waals surface area contributed by atoms with Gasteiger partial charge in [-0.25, -0.2) is 4.98 Å². The van der Waals surface area contributed by atoms with Crippen molar-refractivity contribution < 1.29 is 0 Å². The van der Waals surface area contributed by atoms with Gasteiger partial charge in [0.25, 0.3) is 5.56 Å². The Labute approximate surface area is 96.7 Å². The summed E-state index contributed by atoms with van der Waals surface area (Å²) in [5, 5.41) is 4.65. The maximum absolute atomic E-state index is 11.9. The van der Waals surface area contributed by atoms with E-state index in [0.717, 1.165) is 5.56 Å². The predicted octanol–water partition coefficient (Wildman–Crippen LogP) is 1.32. The second-order valence-electron chi connectivity index (χ2n) is 3.83. The second-order valence-corrected chi connectivity index (χ2v) is 3.83. The van der Waals surface area contributed by atoms with Crippen LogP contribution in [0.25, 0.3) is 22.3 Å². The number of aryl methyl sites for hydroxylation is 1. The number of nitrogens with one attached hydrogen (secondary N) is 1. The molecule has 0 aliphatic heterocycles. The molecule has 3 rings (SSSR count). The van der Waals surface area contributed by atoms with Gasteiger partial charge in [0.15, 0.2) is 0 Å². The number of H-pyrrole nitrogens is 1. The van der Waals surface area contributed by atoms with Crippen molar-refractivity contribution in [3.8, 4) is 11.4 Å². The van der Waals surface area contributed by atoms with Crippen molar-refractivity contribution in [2.75, 3.05) is 0 Å². The van der Waals surface area contributed by atoms with Crippen LogP contribution in [0.2, 0.25) is 0 Å². The van der Waals surface area contributed by atoms with Gasteiger partial charge in [0, 0.05) is 13.2 Å². The number of para-hydroxylation sites is 1. The van der Waals surface area contributed by atoms with E-state index in [0.29, 0.717) is 16.7 Å². The lowest BCUT2D eigenvalue weighted by Crippen LogP contribution is -2.09. The molecule has 0 fully saturated rings. The van der Waals surface area contributed by atoms with Gasteiger partial charge in [-0.2, -0.15) is 5.10 Å². The molecule has 84 valence electrons. The zero-order valence-electron chi connectivity index (χ0n) is 9.21. The van der Waals surface area contributed by atoms with Crippen molar-refractivity contribution in [2.24, 2.45) is 7.05 Å². The Kier molecular flexibility index (Phi) is 2.04. The van der Waals surface area contributed by atoms with Crippen molar-refractivity contribution in [1.29, 1.82) is 0 Å². The smallest absolute Gasteiger partial charge is 0.259 e. The summed E-state index contributed by atoms with van der Waals surface area (Å²) in [4.78, 5) is 19.0. The van der Waals surface area contributed by atoms with Crippen molar-refractivity contribution in [3.63, 3.8) is 0 Å². The average Bonchev–Trinajstić information content (AvgIpc) is 2.76. The van der Waals surface area contributed by atoms with Crippen molar-refractivity contribution in [3.05, 3.63) is 47.0 Å². The standard InChI is InChI=1S/C12H10N4O/c1-16-7-8(6-13-16)11-14-10-5-3-2-4-9(10)12(17)15-11/h2-7H,1H3,(H,14,15,17). The number of aromatic nitrogens is 4. The molecule has 5 heteroatoms. The summed E-state index contributed by atoms with van der Waals surface area (Å²) in [6.45, 7) is 0. The van der Waals surface area contributed by atoms with Gasteiger partial charge in [-0.3, -0.25) is 9.48 Å². The zero-order chi connectivity index (χ0) is 11.8. The molecule has 0 aliphatic carbocycles. The van der Waals surface area contributed by atoms with Crippen LogP contribution >= 0.6 is 0 Å². The summed E-state index contributed by atoms with van der Waals surface area (Å²) >= 11 is 0. The van der Waals surface area contributed by atoms with Crippen LogP contribution in [0.15, 0.2) is 41.5 Å². The molecule has 1 aromatic carbocycles. The lowest BCUT2D eigenvalue weighted by Gasteiger charge is -1.99. The molecule has 0 saturated heterocycles. The first-order valence-corrected chi connectivity index (χ1v) is 5.22. The Morgan fingerprint density at radius 1 is 1.29 bits per heavy atom. The molecule has 0 saturated carbocycles. The Hall–Kier alpha value is -2.43. The molecule has 1 N–H and O–H groups in total. The van der Waals surface area contributed by atoms with Gasteiger partial charge in [0.1, 0.15) is 5.82 Å². The van der Waals surface area contributed by atoms with Crippen LogP contribution in [0, 0.1) is 0 Å². The summed E-state index contributed by atoms with van der Waals surface area (Å²) in [6.07, 6.45) is 3.49. The molecule has 2 aromatic heterocycles. The van der Waals surface area contributed by atoms with Gasteiger partial charge in [-0.15, -0.1) is 0 Å². The van der Waals surface area contributed by atoms with Crippen LogP contribution < -0.4 is 5.56 Å². The molecule has 0 spiro atoms. The van der Waals surface area contributed by atoms with Crippen LogP contribution in [-0.4, -0.2) is 19.7 Å². The van der Waals surface area contributed by atoms with Gasteiger partial charge < -0.3 is 4.98 Å². The first-order valence-electron chi connectivity index (χ1n) is 5.22. The summed E-state index contributed by atoms with van der Waals surface area (Å²) in [5.41, 5.74) is 1.36. The van der Waals surface area contributed by atoms with Crippen molar-refractivity contribution in [2.45, 2.75) is 0 Å². The van der Waals surface area contributed by atoms with E-state index in [-0.39, 0.29) is 5.56 Å². The molecule has 17 heavy (non-hydrogen) atoms. The molecule has 0 amide bonds. The average molecular weight is 226 g/mol. The molecular formula is C12H10N4O. The highest BCUT2D eigenvalue weighted by Gasteiger charge is 2.06. The highest BCUT2D eigenvalue weighted by atomic mass is 16.1. The van der Waals surface area contributed by atoms with Crippen molar-refractivity contribution >= 4 is 10.9 Å². The maximum Gasteiger partial charge on any atom is 0.259 e. The van der Waals surface area contributed by atoms with Gasteiger partial charge in [-0.1, -0.05) is 12.1 Å². The number of hydrogen-bond donors (Lipinski definition) is 1. The fourth-order valence-corrected chi connectivity index (χ4v) is 1.77. The Morgan fingerprint density at radius 3 is 2.88 bits per heavy atom. The van der Waals surface area contributed by atoms with Gasteiger partial charge in [-0.05, 0) is 12.1 Å². The number of aromatic amines is 1. The van der Waals surface area contributed by atoms with E-state index < -0.39 is 0 Å². The van der Waals surface area contributed by atoms with E-state index in [4.69, 9.17) is 0 Å². The summed E-state index contributed by atoms with van der Waals surface area (Å²) in [7, 11) is 1.82. The predicted molar refractivity (Wildman–Crippen MR) is 64.6 cm³/mol. The third-order valence-corrected chi connectivity index (χ3v) is 2.59. The highest BCUT2D eigenvalue weighted by Crippen LogP contribution is 2.14. The Bertz CT molecular complexity index is 741. The fraction of sp³-hybridized carbons (Fsp3) is 0.0833. The lowest BCUT2D eigenvalue weighted by atomic mass is 10.2. The number of hydrogen-bond acceptors (Lipinski definition) is 3. The minimum atomic E-state index is -0.130. The molecule has 0 bridgehead atoms. The molecule has 2 heterocycles. The van der Waals surface area contributed by atoms with E-state index in [2.05, 4.69) is 15.1 Å². The molecule has 0 radical (unpaired) electrons. The van der Waals surface area contributed by atoms with Gasteiger partial charge >= 0.3 is 0 Å². The Morgan fingerprint density at radius 2 is 2.12 bits per heavy atom. The van der Waals surface area contributed by atoms with Crippen LogP contribution in [0.3, 0.4) is 0 Å². The SMILES string of the molecule is Cn1cc(-c2nc3ccccc3c(=O)[nH]2)cn1. The van der Waals surface area contributed by atoms with E-state index in [1.54, 1.807) is 16.9 Å². The van der Waals surface area contributed by atoms with Crippen molar-refractivity contribution in [1.82, 2.24) is 19.7 Å². The van der Waals surface area contributed by atoms with Gasteiger partial charge in [0.2, 0.25) is 0 Å². The number of rotatable bonds is 1. The molecular weight excluding hydrogens is 216 g/mol. The quantitative estimate of drug-likeness (QED) is 0.680. The first-order chi connectivity index (χ1) is 8.24. The molecule has 5 nitrogen and oxygen atoms in total. The van der Waals surface area contributed by atoms with E-state index in [9.17, 15) is 4.79 Å². The molecule has 3 aromatic rings. The van der Waals surface area contributed by atoms with Gasteiger partial charge in [0.05, 0.1) is 22.7 Å². The minimum absolute atomic E-state index is 0.130. The number of fused-ring (bicyclic) bond motifs is 1. The molecule has 0 aliphatic rings. The maximum atomic E-state index is 11.9. The summed E-state index contributed by atoms with van der Waals surface area (Å²) in [5.74, 6) is 0.543. The highest BCUT2D eigenvalue weighted by molar-refractivity contribution is 5.79. The summed E-state index contributed by atoms with van der Waals surface area (Å²) in [6, 6.07) is 7.27. The second kappa shape index (κ2) is 3.55. The van der Waals surface area contributed by atoms with Crippen LogP contribution in [0.4, 0.5) is 0 Å². The van der Waals surface area contributed by atoms with E-state index >= 15 is 0 Å². The third kappa shape index (κ3) is 1.61.